The molecule has 300 valence electrons. The summed E-state index contributed by atoms with van der Waals surface area (Å²) in [6.45, 7) is -0.308. The maximum absolute atomic E-state index is 13.0. The highest BCUT2D eigenvalue weighted by molar-refractivity contribution is 6.30. The lowest BCUT2D eigenvalue weighted by Crippen LogP contribution is -2.09. The van der Waals surface area contributed by atoms with Gasteiger partial charge in [-0.3, -0.25) is 0 Å². The first kappa shape index (κ1) is 43.2. The van der Waals surface area contributed by atoms with Crippen molar-refractivity contribution in [1.82, 2.24) is 29.3 Å². The molecule has 0 spiro atoms. The van der Waals surface area contributed by atoms with Gasteiger partial charge in [-0.2, -0.15) is 54.8 Å². The molecule has 6 rings (SSSR count). The van der Waals surface area contributed by atoms with Crippen LogP contribution in [0.15, 0.2) is 84.9 Å². The number of ether oxygens (including phenoxy) is 1. The molecule has 3 aromatic heterocycles. The van der Waals surface area contributed by atoms with Gasteiger partial charge in [-0.1, -0.05) is 23.7 Å². The van der Waals surface area contributed by atoms with Crippen molar-refractivity contribution in [2.75, 3.05) is 7.11 Å². The van der Waals surface area contributed by atoms with Crippen molar-refractivity contribution in [3.63, 3.8) is 0 Å². The topological polar surface area (TPSA) is 141 Å². The van der Waals surface area contributed by atoms with E-state index in [9.17, 15) is 48.3 Å². The van der Waals surface area contributed by atoms with Crippen LogP contribution in [-0.2, 0) is 38.2 Å². The van der Waals surface area contributed by atoms with Crippen LogP contribution in [0.5, 0.6) is 5.75 Å². The fourth-order valence-corrected chi connectivity index (χ4v) is 4.92. The average Bonchev–Trinajstić information content (AvgIpc) is 3.90. The van der Waals surface area contributed by atoms with Crippen LogP contribution in [0.1, 0.15) is 34.2 Å². The Kier molecular flexibility index (Phi) is 13.5. The molecule has 6 aromatic rings. The molecule has 0 unspecified atom stereocenters. The van der Waals surface area contributed by atoms with E-state index in [0.29, 0.717) is 11.4 Å². The lowest BCUT2D eigenvalue weighted by molar-refractivity contribution is -0.142. The van der Waals surface area contributed by atoms with Crippen molar-refractivity contribution >= 4 is 11.6 Å². The van der Waals surface area contributed by atoms with Gasteiger partial charge in [0.05, 0.1) is 46.3 Å². The third-order valence-electron chi connectivity index (χ3n) is 7.35. The Morgan fingerprint density at radius 3 is 1.30 bits per heavy atom. The second-order valence-corrected chi connectivity index (χ2v) is 11.6. The standard InChI is InChI=1S/C12H12F3N3O.C11H8ClF4N3.C11H9F4N3/c1-19-10-4-2-3-8(5-10)18-9(7-16)6-11(17-18)12(13,14)15;12-8-3-6(1-2-9(8)13)19-7(5-17)4-10(18-19)11(14,15)16;12-7-2-1-3-8(4-7)18-9(6-16)5-10(17-18)11(13,14)15/h2-6H,7,16H2,1H3;1-4H,5,17H2;1-5H,6,16H2. The molecule has 0 bridgehead atoms. The first-order chi connectivity index (χ1) is 26.2. The summed E-state index contributed by atoms with van der Waals surface area (Å²) in [5.41, 5.74) is 14.6. The van der Waals surface area contributed by atoms with Gasteiger partial charge in [0, 0.05) is 25.7 Å². The van der Waals surface area contributed by atoms with Crippen molar-refractivity contribution < 1.29 is 53.0 Å². The highest BCUT2D eigenvalue weighted by Crippen LogP contribution is 2.32. The maximum Gasteiger partial charge on any atom is 0.435 e. The molecular formula is C34H29ClF11N9O. The summed E-state index contributed by atoms with van der Waals surface area (Å²) in [7, 11) is 1.48. The summed E-state index contributed by atoms with van der Waals surface area (Å²) < 4.78 is 147. The minimum absolute atomic E-state index is 0.0414. The zero-order chi connectivity index (χ0) is 41.6. The summed E-state index contributed by atoms with van der Waals surface area (Å²) >= 11 is 5.59. The van der Waals surface area contributed by atoms with E-state index in [1.807, 2.05) is 0 Å². The molecule has 0 aliphatic carbocycles. The summed E-state index contributed by atoms with van der Waals surface area (Å²) in [6, 6.07) is 17.9. The first-order valence-electron chi connectivity index (χ1n) is 15.6. The predicted molar refractivity (Wildman–Crippen MR) is 181 cm³/mol. The molecule has 56 heavy (non-hydrogen) atoms. The van der Waals surface area contributed by atoms with Crippen molar-refractivity contribution in [2.45, 2.75) is 38.2 Å². The highest BCUT2D eigenvalue weighted by atomic mass is 35.5. The van der Waals surface area contributed by atoms with Crippen molar-refractivity contribution in [1.29, 1.82) is 0 Å². The van der Waals surface area contributed by atoms with E-state index < -0.39 is 47.2 Å². The number of nitrogens with two attached hydrogens (primary N) is 3. The molecule has 0 fully saturated rings. The molecule has 0 aliphatic rings. The SMILES string of the molecule is COc1cccc(-n2nc(C(F)(F)F)cc2CN)c1.NCc1cc(C(F)(F)F)nn1-c1ccc(F)c(Cl)c1.NCc1cc(C(F)(F)F)nn1-c1cccc(F)c1. The number of hydrogen-bond acceptors (Lipinski definition) is 7. The quantitative estimate of drug-likeness (QED) is 0.139. The molecule has 10 nitrogen and oxygen atoms in total. The highest BCUT2D eigenvalue weighted by Gasteiger charge is 2.36. The van der Waals surface area contributed by atoms with Gasteiger partial charge in [-0.25, -0.2) is 22.8 Å². The summed E-state index contributed by atoms with van der Waals surface area (Å²) in [5, 5.41) is 10.2. The zero-order valence-electron chi connectivity index (χ0n) is 28.6. The summed E-state index contributed by atoms with van der Waals surface area (Å²) in [4.78, 5) is 0. The van der Waals surface area contributed by atoms with Crippen LogP contribution >= 0.6 is 11.6 Å². The molecule has 0 atom stereocenters. The largest absolute Gasteiger partial charge is 0.497 e. The third kappa shape index (κ3) is 10.6. The van der Waals surface area contributed by atoms with Gasteiger partial charge in [-0.05, 0) is 66.7 Å². The molecule has 6 N–H and O–H groups in total. The first-order valence-corrected chi connectivity index (χ1v) is 16.0. The summed E-state index contributed by atoms with van der Waals surface area (Å²) in [6.07, 6.45) is -13.6. The molecule has 3 aromatic carbocycles. The minimum Gasteiger partial charge on any atom is -0.497 e. The van der Waals surface area contributed by atoms with E-state index in [2.05, 4.69) is 15.3 Å². The molecule has 3 heterocycles. The van der Waals surface area contributed by atoms with E-state index in [1.165, 1.54) is 42.1 Å². The Morgan fingerprint density at radius 1 is 0.554 bits per heavy atom. The Balaban J connectivity index is 0.000000187. The van der Waals surface area contributed by atoms with Crippen LogP contribution in [0.3, 0.4) is 0 Å². The van der Waals surface area contributed by atoms with E-state index in [1.54, 1.807) is 24.3 Å². The number of benzene rings is 3. The van der Waals surface area contributed by atoms with E-state index in [4.69, 9.17) is 33.5 Å². The van der Waals surface area contributed by atoms with Gasteiger partial charge in [0.15, 0.2) is 17.1 Å². The predicted octanol–water partition coefficient (Wildman–Crippen LogP) is 7.99. The number of hydrogen-bond donors (Lipinski definition) is 3. The maximum atomic E-state index is 13.0. The van der Waals surface area contributed by atoms with Crippen molar-refractivity contribution in [3.05, 3.63) is 136 Å². The fraction of sp³-hybridized carbons (Fsp3) is 0.206. The molecule has 0 radical (unpaired) electrons. The van der Waals surface area contributed by atoms with E-state index >= 15 is 0 Å². The van der Waals surface area contributed by atoms with Gasteiger partial charge in [-0.15, -0.1) is 0 Å². The summed E-state index contributed by atoms with van der Waals surface area (Å²) in [5.74, 6) is -0.688. The smallest absolute Gasteiger partial charge is 0.435 e. The third-order valence-corrected chi connectivity index (χ3v) is 7.64. The van der Waals surface area contributed by atoms with Crippen LogP contribution in [0, 0.1) is 11.6 Å². The average molecular weight is 824 g/mol. The second kappa shape index (κ2) is 17.5. The van der Waals surface area contributed by atoms with Gasteiger partial charge < -0.3 is 21.9 Å². The lowest BCUT2D eigenvalue weighted by atomic mass is 10.3. The van der Waals surface area contributed by atoms with Crippen LogP contribution in [0.2, 0.25) is 5.02 Å². The monoisotopic (exact) mass is 823 g/mol. The van der Waals surface area contributed by atoms with E-state index in [-0.39, 0.29) is 53.1 Å². The minimum atomic E-state index is -4.57. The molecular weight excluding hydrogens is 795 g/mol. The van der Waals surface area contributed by atoms with Gasteiger partial charge in [0.1, 0.15) is 17.4 Å². The normalized spacial score (nSPS) is 11.8. The number of nitrogens with zero attached hydrogens (tertiary/aromatic N) is 6. The Labute approximate surface area is 314 Å². The molecule has 0 saturated carbocycles. The van der Waals surface area contributed by atoms with E-state index in [0.717, 1.165) is 39.7 Å². The van der Waals surface area contributed by atoms with Gasteiger partial charge >= 0.3 is 18.5 Å². The van der Waals surface area contributed by atoms with Gasteiger partial charge in [0.25, 0.3) is 0 Å². The Morgan fingerprint density at radius 2 is 0.946 bits per heavy atom. The number of aromatic nitrogens is 6. The number of rotatable bonds is 7. The van der Waals surface area contributed by atoms with Crippen LogP contribution in [-0.4, -0.2) is 36.5 Å². The molecule has 0 aliphatic heterocycles. The van der Waals surface area contributed by atoms with Crippen LogP contribution in [0.25, 0.3) is 17.1 Å². The lowest BCUT2D eigenvalue weighted by Gasteiger charge is -2.07. The second-order valence-electron chi connectivity index (χ2n) is 11.2. The number of alkyl halides is 9. The van der Waals surface area contributed by atoms with Gasteiger partial charge in [0.2, 0.25) is 0 Å². The molecule has 0 amide bonds. The molecule has 0 saturated heterocycles. The van der Waals surface area contributed by atoms with Crippen molar-refractivity contribution in [3.8, 4) is 22.8 Å². The number of methoxy groups -OCH3 is 1. The Hall–Kier alpha value is -5.51. The molecule has 22 heteroatoms. The van der Waals surface area contributed by atoms with Crippen LogP contribution < -0.4 is 21.9 Å². The van der Waals surface area contributed by atoms with Crippen LogP contribution in [0.4, 0.5) is 48.3 Å². The zero-order valence-corrected chi connectivity index (χ0v) is 29.3. The van der Waals surface area contributed by atoms with Crippen molar-refractivity contribution in [2.24, 2.45) is 17.2 Å². The Bertz CT molecular complexity index is 2240. The number of halogens is 12. The fourth-order valence-electron chi connectivity index (χ4n) is 4.75.